The fraction of sp³-hybridized carbons (Fsp3) is 1.00. The van der Waals surface area contributed by atoms with E-state index in [0.717, 1.165) is 28.6 Å². The quantitative estimate of drug-likeness (QED) is 0.0973. The van der Waals surface area contributed by atoms with Crippen LogP contribution < -0.4 is 0 Å². The second-order valence-corrected chi connectivity index (χ2v) is 17.7. The predicted octanol–water partition coefficient (Wildman–Crippen LogP) is 7.94. The average Bonchev–Trinajstić information content (AvgIpc) is 2.54. The lowest BCUT2D eigenvalue weighted by Gasteiger charge is -2.13. The number of hydrogen-bond acceptors (Lipinski definition) is 0. The van der Waals surface area contributed by atoms with Crippen LogP contribution >= 0.6 is 68.0 Å². The Morgan fingerprint density at radius 1 is 0.808 bits per heavy atom. The highest BCUT2D eigenvalue weighted by Crippen LogP contribution is 2.32. The predicted molar refractivity (Wildman–Crippen MR) is 120 cm³/mol. The van der Waals surface area contributed by atoms with E-state index in [4.69, 9.17) is 68.0 Å². The lowest BCUT2D eigenvalue weighted by Crippen LogP contribution is -2.15. The smallest absolute Gasteiger partial charge is 0.171 e. The van der Waals surface area contributed by atoms with Gasteiger partial charge in [0.05, 0.1) is 0 Å². The Hall–Kier alpha value is 1.96. The Kier molecular flexibility index (Phi) is 20.6. The summed E-state index contributed by atoms with van der Waals surface area (Å²) in [6, 6.07) is -2.32. The topological polar surface area (TPSA) is 0 Å². The van der Waals surface area contributed by atoms with Gasteiger partial charge in [-0.3, -0.25) is 0 Å². The zero-order chi connectivity index (χ0) is 20.6. The van der Waals surface area contributed by atoms with Crippen molar-refractivity contribution >= 4 is 84.3 Å². The van der Waals surface area contributed by atoms with Crippen LogP contribution in [-0.4, -0.2) is 39.1 Å². The van der Waals surface area contributed by atoms with Crippen LogP contribution in [0.3, 0.4) is 0 Å². The van der Waals surface area contributed by atoms with Crippen LogP contribution in [0.2, 0.25) is 12.1 Å². The molecule has 0 heterocycles. The minimum Gasteiger partial charge on any atom is -0.171 e. The van der Waals surface area contributed by atoms with E-state index in [2.05, 4.69) is 0 Å². The molecule has 0 aliphatic heterocycles. The number of alkyl halides is 6. The van der Waals surface area contributed by atoms with E-state index in [1.165, 1.54) is 44.9 Å². The summed E-state index contributed by atoms with van der Waals surface area (Å²) < 4.78 is 34.3. The van der Waals surface area contributed by atoms with Gasteiger partial charge in [0.25, 0.3) is 0 Å². The van der Waals surface area contributed by atoms with Crippen LogP contribution in [0.5, 0.6) is 0 Å². The molecule has 26 heavy (non-hydrogen) atoms. The molecule has 160 valence electrons. The van der Waals surface area contributed by atoms with Crippen molar-refractivity contribution < 1.29 is 13.2 Å². The highest BCUT2D eigenvalue weighted by atomic mass is 35.8. The third-order valence-electron chi connectivity index (χ3n) is 3.59. The van der Waals surface area contributed by atoms with Gasteiger partial charge in [-0.05, 0) is 24.9 Å². The van der Waals surface area contributed by atoms with Gasteiger partial charge in [-0.2, -0.15) is 13.2 Å². The molecule has 0 aromatic carbocycles. The molecular weight excluding hydrogens is 506 g/mol. The van der Waals surface area contributed by atoms with Gasteiger partial charge in [0, 0.05) is 33.3 Å². The summed E-state index contributed by atoms with van der Waals surface area (Å²) in [5.74, 6) is 0.811. The summed E-state index contributed by atoms with van der Waals surface area (Å²) >= 11 is 33.5. The Morgan fingerprint density at radius 3 is 1.62 bits per heavy atom. The van der Waals surface area contributed by atoms with Crippen molar-refractivity contribution in [3.63, 3.8) is 0 Å². The third-order valence-corrected chi connectivity index (χ3v) is 9.03. The molecule has 2 unspecified atom stereocenters. The molecule has 0 N–H and O–H groups in total. The van der Waals surface area contributed by atoms with Crippen LogP contribution in [0.4, 0.5) is 13.2 Å². The Morgan fingerprint density at radius 2 is 1.27 bits per heavy atom. The molecule has 0 aromatic heterocycles. The zero-order valence-corrected chi connectivity index (χ0v) is 22.6. The lowest BCUT2D eigenvalue weighted by molar-refractivity contribution is -0.130. The van der Waals surface area contributed by atoms with Crippen molar-refractivity contribution in [2.45, 2.75) is 86.8 Å². The molecule has 0 aromatic rings. The van der Waals surface area contributed by atoms with E-state index in [1.54, 1.807) is 0 Å². The SMILES string of the molecule is FC(F)(F)CC[Si](Cl)(Cl)Cl.[SiH3]CC(Cl)C(Cl)CCCCCCCCCCl. The Balaban J connectivity index is 0. The molecule has 0 bridgehead atoms. The molecule has 0 rings (SSSR count). The normalized spacial score (nSPS) is 14.7. The van der Waals surface area contributed by atoms with Crippen LogP contribution in [0.25, 0.3) is 0 Å². The molecule has 0 aliphatic rings. The molecule has 0 aliphatic carbocycles. The minimum absolute atomic E-state index is 0.190. The van der Waals surface area contributed by atoms with Crippen molar-refractivity contribution in [1.29, 1.82) is 0 Å². The first-order valence-corrected chi connectivity index (χ1v) is 17.0. The van der Waals surface area contributed by atoms with Crippen LogP contribution in [0.15, 0.2) is 0 Å². The fourth-order valence-electron chi connectivity index (χ4n) is 2.04. The first-order valence-electron chi connectivity index (χ1n) is 8.90. The average molecular weight is 535 g/mol. The van der Waals surface area contributed by atoms with E-state index in [-0.39, 0.29) is 16.8 Å². The van der Waals surface area contributed by atoms with E-state index in [0.29, 0.717) is 0 Å². The summed E-state index contributed by atoms with van der Waals surface area (Å²) in [5.41, 5.74) is 0. The highest BCUT2D eigenvalue weighted by Gasteiger charge is 2.34. The molecule has 0 fully saturated rings. The summed E-state index contributed by atoms with van der Waals surface area (Å²) in [6.45, 7) is 0. The van der Waals surface area contributed by atoms with Gasteiger partial charge >= 0.3 is 12.2 Å². The van der Waals surface area contributed by atoms with Gasteiger partial charge < -0.3 is 0 Å². The molecule has 0 amide bonds. The van der Waals surface area contributed by atoms with Crippen molar-refractivity contribution in [3.05, 3.63) is 0 Å². The van der Waals surface area contributed by atoms with Gasteiger partial charge in [-0.1, -0.05) is 38.5 Å². The number of unbranched alkanes of at least 4 members (excludes halogenated alkanes) is 6. The molecule has 0 saturated carbocycles. The molecule has 11 heteroatoms. The highest BCUT2D eigenvalue weighted by molar-refractivity contribution is 7.64. The Bertz CT molecular complexity index is 303. The molecular formula is C15H29Cl6F3Si2. The molecule has 0 radical (unpaired) electrons. The number of hydrogen-bond donors (Lipinski definition) is 0. The van der Waals surface area contributed by atoms with Gasteiger partial charge in [-0.15, -0.1) is 68.0 Å². The maximum atomic E-state index is 11.4. The monoisotopic (exact) mass is 532 g/mol. The summed E-state index contributed by atoms with van der Waals surface area (Å²) in [4.78, 5) is 0. The van der Waals surface area contributed by atoms with E-state index < -0.39 is 18.6 Å². The van der Waals surface area contributed by atoms with Crippen LogP contribution in [-0.2, 0) is 0 Å². The zero-order valence-electron chi connectivity index (χ0n) is 15.0. The third kappa shape index (κ3) is 26.0. The largest absolute Gasteiger partial charge is 0.388 e. The van der Waals surface area contributed by atoms with Crippen LogP contribution in [0.1, 0.15) is 57.8 Å². The van der Waals surface area contributed by atoms with E-state index in [9.17, 15) is 13.2 Å². The Labute approximate surface area is 189 Å². The number of halogens is 9. The molecule has 0 spiro atoms. The van der Waals surface area contributed by atoms with Gasteiger partial charge in [-0.25, -0.2) is 0 Å². The van der Waals surface area contributed by atoms with Crippen molar-refractivity contribution in [2.75, 3.05) is 5.88 Å². The summed E-state index contributed by atoms with van der Waals surface area (Å²) in [5, 5.41) is 0.396. The molecule has 2 atom stereocenters. The van der Waals surface area contributed by atoms with Crippen LogP contribution in [0, 0.1) is 0 Å². The standard InChI is InChI=1S/C12H25Cl3Si.C3H4Cl3F3Si/c13-9-7-5-3-1-2-4-6-8-11(14)12(15)10-16;4-10(5,6)2-1-3(7,8)9/h11-12H,1-10H2,16H3;1-2H2. The lowest BCUT2D eigenvalue weighted by atomic mass is 10.1. The first kappa shape index (κ1) is 30.2. The van der Waals surface area contributed by atoms with E-state index in [1.807, 2.05) is 0 Å². The second-order valence-electron chi connectivity index (χ2n) is 6.12. The van der Waals surface area contributed by atoms with Crippen molar-refractivity contribution in [3.8, 4) is 0 Å². The van der Waals surface area contributed by atoms with Crippen molar-refractivity contribution in [2.24, 2.45) is 0 Å². The second kappa shape index (κ2) is 17.8. The fourth-order valence-corrected chi connectivity index (χ4v) is 4.97. The maximum Gasteiger partial charge on any atom is 0.388 e. The van der Waals surface area contributed by atoms with Gasteiger partial charge in [0.15, 0.2) is 0 Å². The van der Waals surface area contributed by atoms with Gasteiger partial charge in [0.1, 0.15) is 0 Å². The summed E-state index contributed by atoms with van der Waals surface area (Å²) in [7, 11) is 1.15. The minimum atomic E-state index is -4.21. The number of rotatable bonds is 13. The van der Waals surface area contributed by atoms with E-state index >= 15 is 0 Å². The maximum absolute atomic E-state index is 11.4. The first-order chi connectivity index (χ1) is 11.9. The van der Waals surface area contributed by atoms with Crippen molar-refractivity contribution in [1.82, 2.24) is 0 Å². The summed E-state index contributed by atoms with van der Waals surface area (Å²) in [6.07, 6.45) is 4.85. The molecule has 0 nitrogen and oxygen atoms in total. The molecule has 0 saturated heterocycles. The van der Waals surface area contributed by atoms with Gasteiger partial charge in [0.2, 0.25) is 0 Å².